The van der Waals surface area contributed by atoms with E-state index in [9.17, 15) is 33.6 Å². The lowest BCUT2D eigenvalue weighted by Gasteiger charge is -2.21. The topological polar surface area (TPSA) is 361 Å². The second kappa shape index (κ2) is 20.7. The van der Waals surface area contributed by atoms with Crippen molar-refractivity contribution in [3.63, 3.8) is 0 Å². The van der Waals surface area contributed by atoms with Gasteiger partial charge in [0.1, 0.15) is 18.1 Å². The van der Waals surface area contributed by atoms with Gasteiger partial charge < -0.3 is 42.5 Å². The van der Waals surface area contributed by atoms with Gasteiger partial charge in [-0.15, -0.1) is 0 Å². The molecular formula is C21H37N12O9+. The molecule has 0 bridgehead atoms. The van der Waals surface area contributed by atoms with Crippen LogP contribution >= 0.6 is 0 Å². The van der Waals surface area contributed by atoms with Gasteiger partial charge in [-0.1, -0.05) is 5.11 Å². The minimum absolute atomic E-state index is 0.00190. The van der Waals surface area contributed by atoms with E-state index in [1.54, 1.807) is 0 Å². The highest BCUT2D eigenvalue weighted by Crippen LogP contribution is 1.98. The smallest absolute Gasteiger partial charge is 0.338 e. The Morgan fingerprint density at radius 2 is 1.45 bits per heavy atom. The monoisotopic (exact) mass is 601 g/mol. The number of azide groups is 1. The molecule has 234 valence electrons. The molecule has 21 heteroatoms. The average Bonchev–Trinajstić information content (AvgIpc) is 2.92. The lowest BCUT2D eigenvalue weighted by Crippen LogP contribution is -2.78. The van der Waals surface area contributed by atoms with E-state index in [2.05, 4.69) is 36.3 Å². The molecule has 0 spiro atoms. The van der Waals surface area contributed by atoms with Crippen molar-refractivity contribution in [3.8, 4) is 0 Å². The van der Waals surface area contributed by atoms with E-state index in [0.29, 0.717) is 0 Å². The number of aliphatic carboxylic acids is 1. The summed E-state index contributed by atoms with van der Waals surface area (Å²) >= 11 is 0. The molecule has 3 atom stereocenters. The minimum Gasteiger partial charge on any atom is -0.481 e. The molecule has 0 aromatic rings. The van der Waals surface area contributed by atoms with Crippen molar-refractivity contribution < 1.29 is 48.8 Å². The van der Waals surface area contributed by atoms with Gasteiger partial charge in [-0.3, -0.25) is 50.0 Å². The van der Waals surface area contributed by atoms with E-state index in [0.717, 1.165) is 0 Å². The Morgan fingerprint density at radius 3 is 2.00 bits per heavy atom. The number of nitrogens with two attached hydrogens (primary N) is 3. The van der Waals surface area contributed by atoms with Crippen LogP contribution < -0.4 is 48.8 Å². The quantitative estimate of drug-likeness (QED) is 0.0146. The number of nitrogens with zero attached hydrogens (tertiary/aromatic N) is 3. The van der Waals surface area contributed by atoms with Crippen LogP contribution in [0.4, 0.5) is 0 Å². The molecule has 14 N–H and O–H groups in total. The Hall–Kier alpha value is -5.17. The van der Waals surface area contributed by atoms with Crippen LogP contribution in [0.3, 0.4) is 0 Å². The molecule has 6 amide bonds. The first-order valence-corrected chi connectivity index (χ1v) is 12.5. The Morgan fingerprint density at radius 1 is 0.833 bits per heavy atom. The van der Waals surface area contributed by atoms with Crippen LogP contribution in [-0.4, -0.2) is 108 Å². The van der Waals surface area contributed by atoms with E-state index in [1.807, 2.05) is 5.32 Å². The van der Waals surface area contributed by atoms with Gasteiger partial charge in [0.2, 0.25) is 35.4 Å². The number of nitrogens with one attached hydrogen (secondary N) is 6. The van der Waals surface area contributed by atoms with Crippen LogP contribution in [0.15, 0.2) is 5.11 Å². The van der Waals surface area contributed by atoms with Crippen LogP contribution in [0.25, 0.3) is 10.4 Å². The molecule has 0 radical (unpaired) electrons. The summed E-state index contributed by atoms with van der Waals surface area (Å²) < 4.78 is 0. The first-order valence-electron chi connectivity index (χ1n) is 12.5. The predicted molar refractivity (Wildman–Crippen MR) is 142 cm³/mol. The van der Waals surface area contributed by atoms with Crippen molar-refractivity contribution in [2.75, 3.05) is 32.8 Å². The number of hydrogen-bond donors (Lipinski definition) is 11. The molecule has 0 aromatic heterocycles. The third-order valence-corrected chi connectivity index (χ3v) is 5.12. The Labute approximate surface area is 239 Å². The zero-order chi connectivity index (χ0) is 32.1. The molecule has 0 aromatic carbocycles. The zero-order valence-electron chi connectivity index (χ0n) is 22.6. The number of carboxylic acids is 1. The molecule has 21 nitrogen and oxygen atoms in total. The maximum atomic E-state index is 12.7. The largest absolute Gasteiger partial charge is 0.481 e. The average molecular weight is 602 g/mol. The van der Waals surface area contributed by atoms with Crippen molar-refractivity contribution in [3.05, 3.63) is 10.4 Å². The molecule has 0 rings (SSSR count). The molecule has 0 saturated carbocycles. The highest BCUT2D eigenvalue weighted by atomic mass is 16.4. The molecule has 0 aliphatic heterocycles. The maximum Gasteiger partial charge on any atom is 0.338 e. The van der Waals surface area contributed by atoms with Crippen molar-refractivity contribution in [2.24, 2.45) is 22.3 Å². The molecule has 0 fully saturated rings. The Bertz CT molecular complexity index is 1060. The van der Waals surface area contributed by atoms with Crippen molar-refractivity contribution in [1.29, 1.82) is 0 Å². The zero-order valence-corrected chi connectivity index (χ0v) is 22.6. The van der Waals surface area contributed by atoms with E-state index < -0.39 is 85.7 Å². The van der Waals surface area contributed by atoms with Gasteiger partial charge in [0.25, 0.3) is 0 Å². The number of amides is 6. The van der Waals surface area contributed by atoms with Crippen LogP contribution in [-0.2, 0) is 33.6 Å². The minimum atomic E-state index is -1.69. The van der Waals surface area contributed by atoms with E-state index in [4.69, 9.17) is 32.9 Å². The van der Waals surface area contributed by atoms with Gasteiger partial charge in [-0.25, -0.2) is 0 Å². The van der Waals surface area contributed by atoms with Gasteiger partial charge >= 0.3 is 11.9 Å². The van der Waals surface area contributed by atoms with E-state index >= 15 is 0 Å². The van der Waals surface area contributed by atoms with Gasteiger partial charge in [0.05, 0.1) is 32.7 Å². The second-order valence-electron chi connectivity index (χ2n) is 8.56. The fraction of sp³-hybridized carbons (Fsp3) is 0.619. The third-order valence-electron chi connectivity index (χ3n) is 5.12. The molecule has 0 aliphatic rings. The molecule has 0 saturated heterocycles. The highest BCUT2D eigenvalue weighted by Gasteiger charge is 2.28. The number of guanidine groups is 1. The van der Waals surface area contributed by atoms with Crippen LogP contribution in [0, 0.1) is 0 Å². The maximum absolute atomic E-state index is 12.7. The van der Waals surface area contributed by atoms with Gasteiger partial charge in [-0.2, -0.15) is 0 Å². The molecule has 42 heavy (non-hydrogen) atoms. The van der Waals surface area contributed by atoms with Crippen molar-refractivity contribution >= 4 is 47.4 Å². The fourth-order valence-electron chi connectivity index (χ4n) is 3.07. The summed E-state index contributed by atoms with van der Waals surface area (Å²) in [6.45, 7) is -1.75. The Balaban J connectivity index is 5.18. The van der Waals surface area contributed by atoms with Crippen molar-refractivity contribution in [2.45, 2.75) is 50.2 Å². The summed E-state index contributed by atoms with van der Waals surface area (Å²) in [4.78, 5) is 89.2. The number of primary amides is 1. The lowest BCUT2D eigenvalue weighted by atomic mass is 10.1. The highest BCUT2D eigenvalue weighted by molar-refractivity contribution is 5.95. The summed E-state index contributed by atoms with van der Waals surface area (Å²) in [6.07, 6.45) is -0.313. The number of hydrogen-bond acceptors (Lipinski definition) is 9. The Kier molecular flexibility index (Phi) is 18.1. The fourth-order valence-corrected chi connectivity index (χ4v) is 3.07. The normalized spacial score (nSPS) is 12.2. The number of carboxylic acid groups (broad SMARTS) is 1. The first-order chi connectivity index (χ1) is 19.8. The molecule has 3 unspecified atom stereocenters. The molecule has 0 aliphatic carbocycles. The van der Waals surface area contributed by atoms with Crippen LogP contribution in [0.2, 0.25) is 0 Å². The second-order valence-corrected chi connectivity index (χ2v) is 8.56. The number of aliphatic hydroxyl groups excluding tert-OH is 1. The van der Waals surface area contributed by atoms with Crippen molar-refractivity contribution in [1.82, 2.24) is 26.6 Å². The summed E-state index contributed by atoms with van der Waals surface area (Å²) in [5.74, 6) is -6.80. The third kappa shape index (κ3) is 17.4. The van der Waals surface area contributed by atoms with Gasteiger partial charge in [0, 0.05) is 17.9 Å². The van der Waals surface area contributed by atoms with Crippen LogP contribution in [0.1, 0.15) is 32.1 Å². The van der Waals surface area contributed by atoms with Crippen LogP contribution in [0.5, 0.6) is 0 Å². The number of rotatable bonds is 21. The summed E-state index contributed by atoms with van der Waals surface area (Å²) in [7, 11) is 0. The van der Waals surface area contributed by atoms with Gasteiger partial charge in [-0.05, 0) is 24.8 Å². The summed E-state index contributed by atoms with van der Waals surface area (Å²) in [5.41, 5.74) is 23.9. The van der Waals surface area contributed by atoms with E-state index in [1.165, 1.54) is 0 Å². The van der Waals surface area contributed by atoms with Gasteiger partial charge in [0.15, 0.2) is 0 Å². The molecular weight excluding hydrogens is 564 g/mol. The molecule has 0 heterocycles. The summed E-state index contributed by atoms with van der Waals surface area (Å²) in [6, 6.07) is -4.40. The lowest BCUT2D eigenvalue weighted by molar-refractivity contribution is -0.459. The number of aliphatic hydroxyl groups is 1. The summed E-state index contributed by atoms with van der Waals surface area (Å²) in [5, 5.41) is 32.6. The van der Waals surface area contributed by atoms with E-state index in [-0.39, 0.29) is 44.7 Å². The predicted octanol–water partition coefficient (Wildman–Crippen LogP) is -7.15. The number of carbonyl (C=O) groups is 7. The SMILES string of the molecule is [N-]=[N+]=NCCCC(=O)NCC(=O)NC(CCC[NH+]=C(N)N)C(=O)NCC(=O)NC(CC(=O)O)C(=O)NC(CO)C(N)=O. The number of carbonyl (C=O) groups excluding carboxylic acids is 6. The first kappa shape index (κ1) is 36.8. The standard InChI is InChI=1S/C21H36N12O9/c22-18(40)13(10-34)32-20(42)12(7-17(38)39)31-16(37)9-28-19(41)11(3-1-5-26-21(23)24)30-15(36)8-27-14(35)4-2-6-29-33-25/h11-13,34H,1-10H2,(H2,22,40)(H,27,35)(H,28,41)(H,30,36)(H,31,37)(H,32,42)(H,38,39)(H4,23,24,26)/p+1.